The molecule has 0 saturated heterocycles. The zero-order valence-electron chi connectivity index (χ0n) is 15.6. The first-order chi connectivity index (χ1) is 12.9. The monoisotopic (exact) mass is 502 g/mol. The van der Waals surface area contributed by atoms with Gasteiger partial charge in [0, 0.05) is 0 Å². The standard InChI is InChI=1S/C22H24N4.2BrH/c1-3-9-21(10-4-1)25-17-15-23(19-25)13-7-8-14-24-16-18-26(20-24)22-11-5-2-6-12-22;;/h1-6,9-12,15-20H,7-8,13-14H2;2*1H/q+2;;/p-2. The first kappa shape index (κ1) is 22.1. The fourth-order valence-corrected chi connectivity index (χ4v) is 3.15. The number of hydrogen-bond donors (Lipinski definition) is 0. The number of benzene rings is 2. The summed E-state index contributed by atoms with van der Waals surface area (Å²) in [4.78, 5) is 0. The molecule has 0 atom stereocenters. The van der Waals surface area contributed by atoms with Crippen molar-refractivity contribution < 1.29 is 43.1 Å². The van der Waals surface area contributed by atoms with E-state index in [1.54, 1.807) is 0 Å². The molecular weight excluding hydrogens is 480 g/mol. The number of hydrogen-bond acceptors (Lipinski definition) is 0. The molecule has 2 aromatic carbocycles. The zero-order valence-corrected chi connectivity index (χ0v) is 18.8. The summed E-state index contributed by atoms with van der Waals surface area (Å²) in [7, 11) is 0. The summed E-state index contributed by atoms with van der Waals surface area (Å²) in [6.45, 7) is 2.08. The molecule has 146 valence electrons. The number of unbranched alkanes of at least 4 members (excludes halogenated alkanes) is 1. The molecule has 4 aromatic rings. The SMILES string of the molecule is [Br-].[Br-].c1ccc(-n2cc[n+](CCCC[n+]3ccn(-c4ccccc4)c3)c2)cc1. The van der Waals surface area contributed by atoms with Gasteiger partial charge >= 0.3 is 0 Å². The van der Waals surface area contributed by atoms with Gasteiger partial charge in [0.25, 0.3) is 0 Å². The van der Waals surface area contributed by atoms with Gasteiger partial charge in [0.15, 0.2) is 0 Å². The maximum Gasteiger partial charge on any atom is 0.248 e. The molecule has 0 amide bonds. The van der Waals surface area contributed by atoms with Crippen molar-refractivity contribution in [3.8, 4) is 11.4 Å². The Morgan fingerprint density at radius 2 is 0.964 bits per heavy atom. The van der Waals surface area contributed by atoms with Crippen LogP contribution in [-0.2, 0) is 13.1 Å². The third-order valence-electron chi connectivity index (χ3n) is 4.57. The summed E-state index contributed by atoms with van der Waals surface area (Å²) < 4.78 is 8.84. The molecule has 6 heteroatoms. The Labute approximate surface area is 187 Å². The maximum atomic E-state index is 2.26. The van der Waals surface area contributed by atoms with Gasteiger partial charge < -0.3 is 34.0 Å². The summed E-state index contributed by atoms with van der Waals surface area (Å²) >= 11 is 0. The van der Waals surface area contributed by atoms with E-state index in [9.17, 15) is 0 Å². The molecule has 0 aliphatic carbocycles. The molecule has 0 unspecified atom stereocenters. The normalized spacial score (nSPS) is 10.1. The third-order valence-corrected chi connectivity index (χ3v) is 4.57. The van der Waals surface area contributed by atoms with Crippen molar-refractivity contribution in [2.45, 2.75) is 25.9 Å². The summed E-state index contributed by atoms with van der Waals surface area (Å²) in [6, 6.07) is 20.9. The van der Waals surface area contributed by atoms with Crippen LogP contribution in [0, 0.1) is 0 Å². The van der Waals surface area contributed by atoms with Crippen LogP contribution in [0.2, 0.25) is 0 Å². The summed E-state index contributed by atoms with van der Waals surface area (Å²) in [5.41, 5.74) is 2.40. The van der Waals surface area contributed by atoms with Crippen LogP contribution in [0.25, 0.3) is 11.4 Å². The predicted octanol–water partition coefficient (Wildman–Crippen LogP) is -2.67. The summed E-state index contributed by atoms with van der Waals surface area (Å²) in [5.74, 6) is 0. The van der Waals surface area contributed by atoms with Crippen LogP contribution in [0.15, 0.2) is 98.1 Å². The van der Waals surface area contributed by atoms with Crippen molar-refractivity contribution in [2.24, 2.45) is 0 Å². The molecule has 0 N–H and O–H groups in total. The molecule has 0 aliphatic rings. The quantitative estimate of drug-likeness (QED) is 0.193. The minimum Gasteiger partial charge on any atom is -1.00 e. The molecule has 0 bridgehead atoms. The lowest BCUT2D eigenvalue weighted by molar-refractivity contribution is -0.707. The van der Waals surface area contributed by atoms with Gasteiger partial charge in [-0.3, -0.25) is 0 Å². The van der Waals surface area contributed by atoms with E-state index in [4.69, 9.17) is 0 Å². The number of rotatable bonds is 7. The molecule has 2 aromatic heterocycles. The van der Waals surface area contributed by atoms with E-state index in [0.717, 1.165) is 25.9 Å². The van der Waals surface area contributed by atoms with E-state index < -0.39 is 0 Å². The van der Waals surface area contributed by atoms with Crippen LogP contribution in [0.1, 0.15) is 12.8 Å². The minimum atomic E-state index is 0. The minimum absolute atomic E-state index is 0. The zero-order chi connectivity index (χ0) is 17.6. The van der Waals surface area contributed by atoms with Gasteiger partial charge in [-0.15, -0.1) is 0 Å². The Morgan fingerprint density at radius 1 is 0.571 bits per heavy atom. The average Bonchev–Trinajstić information content (AvgIpc) is 3.37. The van der Waals surface area contributed by atoms with Crippen molar-refractivity contribution in [1.82, 2.24) is 9.13 Å². The van der Waals surface area contributed by atoms with Crippen molar-refractivity contribution in [1.29, 1.82) is 0 Å². The van der Waals surface area contributed by atoms with E-state index in [2.05, 4.69) is 104 Å². The van der Waals surface area contributed by atoms with Crippen LogP contribution in [-0.4, -0.2) is 9.13 Å². The Kier molecular flexibility index (Phi) is 8.67. The fourth-order valence-electron chi connectivity index (χ4n) is 3.15. The highest BCUT2D eigenvalue weighted by molar-refractivity contribution is 5.30. The van der Waals surface area contributed by atoms with Gasteiger partial charge in [0.1, 0.15) is 36.2 Å². The Balaban J connectivity index is 0.00000140. The number of aromatic nitrogens is 4. The lowest BCUT2D eigenvalue weighted by Gasteiger charge is -1.98. The molecule has 0 spiro atoms. The topological polar surface area (TPSA) is 17.6 Å². The van der Waals surface area contributed by atoms with Gasteiger partial charge in [-0.2, -0.15) is 0 Å². The molecular formula is C22H24Br2N4. The van der Waals surface area contributed by atoms with Crippen molar-refractivity contribution in [3.05, 3.63) is 98.1 Å². The lowest BCUT2D eigenvalue weighted by Crippen LogP contribution is -3.00. The second-order valence-corrected chi connectivity index (χ2v) is 6.50. The predicted molar refractivity (Wildman–Crippen MR) is 101 cm³/mol. The van der Waals surface area contributed by atoms with E-state index in [1.165, 1.54) is 11.4 Å². The summed E-state index contributed by atoms with van der Waals surface area (Å²) in [5, 5.41) is 0. The lowest BCUT2D eigenvalue weighted by atomic mass is 10.3. The molecule has 0 radical (unpaired) electrons. The molecule has 28 heavy (non-hydrogen) atoms. The van der Waals surface area contributed by atoms with Crippen LogP contribution in [0.4, 0.5) is 0 Å². The first-order valence-corrected chi connectivity index (χ1v) is 9.13. The number of aryl methyl sites for hydroxylation is 2. The van der Waals surface area contributed by atoms with Gasteiger partial charge in [-0.05, 0) is 37.1 Å². The van der Waals surface area contributed by atoms with Gasteiger partial charge in [-0.1, -0.05) is 36.4 Å². The van der Waals surface area contributed by atoms with E-state index in [-0.39, 0.29) is 34.0 Å². The number of halogens is 2. The fraction of sp³-hybridized carbons (Fsp3) is 0.182. The highest BCUT2D eigenvalue weighted by atomic mass is 79.9. The van der Waals surface area contributed by atoms with Crippen molar-refractivity contribution in [2.75, 3.05) is 0 Å². The second-order valence-electron chi connectivity index (χ2n) is 6.50. The molecule has 0 fully saturated rings. The third kappa shape index (κ3) is 5.66. The Hall–Kier alpha value is -2.18. The van der Waals surface area contributed by atoms with E-state index in [0.29, 0.717) is 0 Å². The molecule has 0 saturated carbocycles. The van der Waals surface area contributed by atoms with Crippen LogP contribution < -0.4 is 43.1 Å². The summed E-state index contributed by atoms with van der Waals surface area (Å²) in [6.07, 6.45) is 15.2. The largest absolute Gasteiger partial charge is 1.00 e. The van der Waals surface area contributed by atoms with Gasteiger partial charge in [0.05, 0.1) is 13.1 Å². The number of nitrogens with zero attached hydrogens (tertiary/aromatic N) is 4. The maximum absolute atomic E-state index is 2.26. The number of para-hydroxylation sites is 2. The molecule has 4 nitrogen and oxygen atoms in total. The Morgan fingerprint density at radius 3 is 1.36 bits per heavy atom. The molecule has 0 aliphatic heterocycles. The highest BCUT2D eigenvalue weighted by Gasteiger charge is 2.08. The van der Waals surface area contributed by atoms with Crippen LogP contribution in [0.3, 0.4) is 0 Å². The van der Waals surface area contributed by atoms with Crippen molar-refractivity contribution >= 4 is 0 Å². The second kappa shape index (κ2) is 11.0. The van der Waals surface area contributed by atoms with Crippen molar-refractivity contribution in [3.63, 3.8) is 0 Å². The van der Waals surface area contributed by atoms with Gasteiger partial charge in [-0.25, -0.2) is 18.3 Å². The Bertz CT molecular complexity index is 869. The van der Waals surface area contributed by atoms with Gasteiger partial charge in [0.2, 0.25) is 12.7 Å². The van der Waals surface area contributed by atoms with E-state index in [1.807, 2.05) is 12.1 Å². The van der Waals surface area contributed by atoms with Crippen LogP contribution >= 0.6 is 0 Å². The van der Waals surface area contributed by atoms with Crippen LogP contribution in [0.5, 0.6) is 0 Å². The first-order valence-electron chi connectivity index (χ1n) is 9.13. The molecule has 2 heterocycles. The average molecular weight is 504 g/mol. The number of imidazole rings is 2. The highest BCUT2D eigenvalue weighted by Crippen LogP contribution is 2.06. The smallest absolute Gasteiger partial charge is 0.248 e. The molecule has 4 rings (SSSR count). The van der Waals surface area contributed by atoms with E-state index >= 15 is 0 Å².